The highest BCUT2D eigenvalue weighted by Crippen LogP contribution is 2.07. The van der Waals surface area contributed by atoms with Gasteiger partial charge in [-0.05, 0) is 5.92 Å². The van der Waals surface area contributed by atoms with E-state index in [4.69, 9.17) is 9.84 Å². The van der Waals surface area contributed by atoms with Gasteiger partial charge in [-0.25, -0.2) is 0 Å². The highest BCUT2D eigenvalue weighted by molar-refractivity contribution is 4.94. The maximum absolute atomic E-state index is 8.92. The Balaban J connectivity index is 2.62. The van der Waals surface area contributed by atoms with Gasteiger partial charge in [0, 0.05) is 27.2 Å². The largest absolute Gasteiger partial charge is 0.388 e. The zero-order valence-corrected chi connectivity index (χ0v) is 8.90. The van der Waals surface area contributed by atoms with Crippen molar-refractivity contribution in [3.8, 4) is 0 Å². The van der Waals surface area contributed by atoms with Crippen LogP contribution in [0.2, 0.25) is 0 Å². The monoisotopic (exact) mass is 199 g/mol. The molecule has 0 saturated carbocycles. The molecule has 0 aliphatic rings. The highest BCUT2D eigenvalue weighted by atomic mass is 16.5. The van der Waals surface area contributed by atoms with Gasteiger partial charge in [0.15, 0.2) is 5.82 Å². The van der Waals surface area contributed by atoms with E-state index in [9.17, 15) is 0 Å². The Labute approximate surface area is 83.7 Å². The van der Waals surface area contributed by atoms with Crippen LogP contribution in [0.4, 0.5) is 0 Å². The molecule has 1 heterocycles. The van der Waals surface area contributed by atoms with Crippen molar-refractivity contribution in [2.45, 2.75) is 20.0 Å². The molecule has 0 spiro atoms. The molecule has 0 bridgehead atoms. The number of aromatic nitrogens is 3. The van der Waals surface area contributed by atoms with Crippen molar-refractivity contribution in [1.29, 1.82) is 0 Å². The summed E-state index contributed by atoms with van der Waals surface area (Å²) in [6.45, 7) is 2.74. The first kappa shape index (κ1) is 11.1. The normalized spacial score (nSPS) is 13.1. The van der Waals surface area contributed by atoms with Gasteiger partial charge in [-0.1, -0.05) is 6.92 Å². The van der Waals surface area contributed by atoms with E-state index in [2.05, 4.69) is 17.1 Å². The van der Waals surface area contributed by atoms with Gasteiger partial charge in [-0.2, -0.15) is 0 Å². The van der Waals surface area contributed by atoms with E-state index >= 15 is 0 Å². The van der Waals surface area contributed by atoms with Crippen LogP contribution in [-0.4, -0.2) is 33.6 Å². The molecule has 1 aromatic heterocycles. The average molecular weight is 199 g/mol. The Bertz CT molecular complexity index is 286. The van der Waals surface area contributed by atoms with Crippen molar-refractivity contribution in [2.75, 3.05) is 13.7 Å². The van der Waals surface area contributed by atoms with Crippen molar-refractivity contribution in [3.63, 3.8) is 0 Å². The predicted octanol–water partition coefficient (Wildman–Crippen LogP) is 0.132. The Morgan fingerprint density at radius 2 is 2.07 bits per heavy atom. The van der Waals surface area contributed by atoms with Crippen LogP contribution < -0.4 is 0 Å². The molecule has 0 saturated heterocycles. The fourth-order valence-corrected chi connectivity index (χ4v) is 1.37. The molecular formula is C9H17N3O2. The fourth-order valence-electron chi connectivity index (χ4n) is 1.37. The maximum Gasteiger partial charge on any atom is 0.158 e. The van der Waals surface area contributed by atoms with Crippen molar-refractivity contribution in [1.82, 2.24) is 14.8 Å². The van der Waals surface area contributed by atoms with E-state index < -0.39 is 0 Å². The van der Waals surface area contributed by atoms with Crippen molar-refractivity contribution in [3.05, 3.63) is 11.6 Å². The van der Waals surface area contributed by atoms with Gasteiger partial charge in [-0.15, -0.1) is 10.2 Å². The lowest BCUT2D eigenvalue weighted by atomic mass is 10.1. The summed E-state index contributed by atoms with van der Waals surface area (Å²) < 4.78 is 6.87. The molecule has 0 aromatic carbocycles. The molecule has 1 rings (SSSR count). The summed E-state index contributed by atoms with van der Waals surface area (Å²) in [4.78, 5) is 0. The summed E-state index contributed by atoms with van der Waals surface area (Å²) in [6.07, 6.45) is 0.817. The third kappa shape index (κ3) is 2.52. The second kappa shape index (κ2) is 5.07. The number of ether oxygens (including phenoxy) is 1. The van der Waals surface area contributed by atoms with E-state index in [-0.39, 0.29) is 6.61 Å². The first-order valence-electron chi connectivity index (χ1n) is 4.66. The van der Waals surface area contributed by atoms with Gasteiger partial charge in [-0.3, -0.25) is 0 Å². The third-order valence-electron chi connectivity index (χ3n) is 2.18. The van der Waals surface area contributed by atoms with Gasteiger partial charge in [0.25, 0.3) is 0 Å². The second-order valence-corrected chi connectivity index (χ2v) is 3.51. The van der Waals surface area contributed by atoms with Crippen LogP contribution in [0.5, 0.6) is 0 Å². The Kier molecular flexibility index (Phi) is 4.03. The molecule has 1 aromatic rings. The third-order valence-corrected chi connectivity index (χ3v) is 2.18. The van der Waals surface area contributed by atoms with E-state index in [1.165, 1.54) is 0 Å². The standard InChI is InChI=1S/C9H17N3O2/c1-7(6-14-3)4-8-10-11-9(5-13)12(8)2/h7,13H,4-6H2,1-3H3. The van der Waals surface area contributed by atoms with Crippen LogP contribution in [0.25, 0.3) is 0 Å². The summed E-state index contributed by atoms with van der Waals surface area (Å²) >= 11 is 0. The highest BCUT2D eigenvalue weighted by Gasteiger charge is 2.11. The predicted molar refractivity (Wildman–Crippen MR) is 51.7 cm³/mol. The van der Waals surface area contributed by atoms with Crippen molar-refractivity contribution in [2.24, 2.45) is 13.0 Å². The quantitative estimate of drug-likeness (QED) is 0.732. The molecule has 80 valence electrons. The molecule has 0 amide bonds. The first-order chi connectivity index (χ1) is 6.69. The van der Waals surface area contributed by atoms with Gasteiger partial charge in [0.2, 0.25) is 0 Å². The Morgan fingerprint density at radius 1 is 1.43 bits per heavy atom. The number of rotatable bonds is 5. The number of aliphatic hydroxyl groups excluding tert-OH is 1. The van der Waals surface area contributed by atoms with E-state index in [1.54, 1.807) is 7.11 Å². The van der Waals surface area contributed by atoms with Crippen molar-refractivity contribution >= 4 is 0 Å². The summed E-state index contributed by atoms with van der Waals surface area (Å²) in [5.41, 5.74) is 0. The zero-order chi connectivity index (χ0) is 10.6. The fraction of sp³-hybridized carbons (Fsp3) is 0.778. The molecule has 14 heavy (non-hydrogen) atoms. The van der Waals surface area contributed by atoms with Crippen LogP contribution in [-0.2, 0) is 24.8 Å². The van der Waals surface area contributed by atoms with E-state index in [1.807, 2.05) is 11.6 Å². The lowest BCUT2D eigenvalue weighted by Crippen LogP contribution is -2.11. The second-order valence-electron chi connectivity index (χ2n) is 3.51. The molecule has 5 heteroatoms. The van der Waals surface area contributed by atoms with Crippen LogP contribution >= 0.6 is 0 Å². The summed E-state index contributed by atoms with van der Waals surface area (Å²) in [7, 11) is 3.55. The molecular weight excluding hydrogens is 182 g/mol. The summed E-state index contributed by atoms with van der Waals surface area (Å²) in [5, 5.41) is 16.8. The first-order valence-corrected chi connectivity index (χ1v) is 4.66. The number of hydrogen-bond acceptors (Lipinski definition) is 4. The Hall–Kier alpha value is -0.940. The lowest BCUT2D eigenvalue weighted by molar-refractivity contribution is 0.158. The van der Waals surface area contributed by atoms with E-state index in [0.717, 1.165) is 12.2 Å². The lowest BCUT2D eigenvalue weighted by Gasteiger charge is -2.09. The topological polar surface area (TPSA) is 60.2 Å². The summed E-state index contributed by atoms with van der Waals surface area (Å²) in [5.74, 6) is 1.90. The van der Waals surface area contributed by atoms with Crippen LogP contribution in [0.1, 0.15) is 18.6 Å². The zero-order valence-electron chi connectivity index (χ0n) is 8.90. The minimum atomic E-state index is -0.0673. The van der Waals surface area contributed by atoms with Gasteiger partial charge in [0.05, 0.1) is 0 Å². The molecule has 1 N–H and O–H groups in total. The minimum absolute atomic E-state index is 0.0673. The Morgan fingerprint density at radius 3 is 2.57 bits per heavy atom. The minimum Gasteiger partial charge on any atom is -0.388 e. The molecule has 5 nitrogen and oxygen atoms in total. The molecule has 0 radical (unpaired) electrons. The number of aliphatic hydroxyl groups is 1. The average Bonchev–Trinajstić information content (AvgIpc) is 2.48. The van der Waals surface area contributed by atoms with Gasteiger partial charge in [0.1, 0.15) is 12.4 Å². The molecule has 0 aliphatic carbocycles. The maximum atomic E-state index is 8.92. The molecule has 1 unspecified atom stereocenters. The van der Waals surface area contributed by atoms with Crippen LogP contribution in [0, 0.1) is 5.92 Å². The molecule has 1 atom stereocenters. The number of hydrogen-bond donors (Lipinski definition) is 1. The van der Waals surface area contributed by atoms with E-state index in [0.29, 0.717) is 18.3 Å². The number of methoxy groups -OCH3 is 1. The van der Waals surface area contributed by atoms with Crippen molar-refractivity contribution < 1.29 is 9.84 Å². The number of nitrogens with zero attached hydrogens (tertiary/aromatic N) is 3. The summed E-state index contributed by atoms with van der Waals surface area (Å²) in [6, 6.07) is 0. The smallest absolute Gasteiger partial charge is 0.158 e. The van der Waals surface area contributed by atoms with Crippen LogP contribution in [0.3, 0.4) is 0 Å². The van der Waals surface area contributed by atoms with Gasteiger partial charge < -0.3 is 14.4 Å². The van der Waals surface area contributed by atoms with Crippen LogP contribution in [0.15, 0.2) is 0 Å². The molecule has 0 fully saturated rings. The molecule has 0 aliphatic heterocycles. The SMILES string of the molecule is COCC(C)Cc1nnc(CO)n1C. The van der Waals surface area contributed by atoms with Gasteiger partial charge >= 0.3 is 0 Å².